The molecule has 1 N–H and O–H groups in total. The van der Waals surface area contributed by atoms with Crippen LogP contribution in [0.1, 0.15) is 35.5 Å². The first kappa shape index (κ1) is 17.9. The number of nitrogens with one attached hydrogen (secondary N) is 1. The minimum Gasteiger partial charge on any atom is -0.337 e. The molecule has 2 rings (SSSR count). The number of aromatic nitrogens is 1. The lowest BCUT2D eigenvalue weighted by atomic mass is 9.92. The van der Waals surface area contributed by atoms with E-state index in [0.29, 0.717) is 18.7 Å². The van der Waals surface area contributed by atoms with E-state index in [1.54, 1.807) is 11.1 Å². The van der Waals surface area contributed by atoms with Gasteiger partial charge in [-0.2, -0.15) is 0 Å². The van der Waals surface area contributed by atoms with E-state index in [2.05, 4.69) is 9.71 Å². The van der Waals surface area contributed by atoms with Gasteiger partial charge in [-0.15, -0.1) is 0 Å². The first-order chi connectivity index (χ1) is 10.6. The molecule has 1 aliphatic rings. The lowest BCUT2D eigenvalue weighted by molar-refractivity contribution is 0.0782. The van der Waals surface area contributed by atoms with Crippen molar-refractivity contribution in [3.8, 4) is 0 Å². The molecule has 23 heavy (non-hydrogen) atoms. The number of carbonyl (C=O) groups excluding carboxylic acids is 1. The van der Waals surface area contributed by atoms with E-state index in [1.807, 2.05) is 33.8 Å². The molecule has 0 spiro atoms. The van der Waals surface area contributed by atoms with Crippen molar-refractivity contribution < 1.29 is 13.2 Å². The predicted molar refractivity (Wildman–Crippen MR) is 89.7 cm³/mol. The van der Waals surface area contributed by atoms with Gasteiger partial charge in [-0.25, -0.2) is 13.1 Å². The van der Waals surface area contributed by atoms with E-state index >= 15 is 0 Å². The summed E-state index contributed by atoms with van der Waals surface area (Å²) >= 11 is 0. The smallest absolute Gasteiger partial charge is 0.255 e. The Morgan fingerprint density at radius 2 is 2.00 bits per heavy atom. The molecule has 1 amide bonds. The zero-order valence-electron chi connectivity index (χ0n) is 14.3. The van der Waals surface area contributed by atoms with Crippen LogP contribution in [-0.4, -0.2) is 49.6 Å². The molecule has 2 atom stereocenters. The molecule has 2 heterocycles. The minimum absolute atomic E-state index is 0.0848. The van der Waals surface area contributed by atoms with Gasteiger partial charge < -0.3 is 4.90 Å². The van der Waals surface area contributed by atoms with Crippen molar-refractivity contribution in [1.29, 1.82) is 0 Å². The highest BCUT2D eigenvalue weighted by atomic mass is 32.2. The Kier molecular flexibility index (Phi) is 5.10. The molecule has 1 saturated heterocycles. The van der Waals surface area contributed by atoms with Gasteiger partial charge in [-0.05, 0) is 37.3 Å². The lowest BCUT2D eigenvalue weighted by Crippen LogP contribution is -2.41. The van der Waals surface area contributed by atoms with Crippen LogP contribution < -0.4 is 4.72 Å². The molecule has 0 bridgehead atoms. The molecule has 0 aliphatic carbocycles. The van der Waals surface area contributed by atoms with Crippen LogP contribution in [0.15, 0.2) is 12.3 Å². The topological polar surface area (TPSA) is 79.4 Å². The van der Waals surface area contributed by atoms with Gasteiger partial charge in [0.05, 0.1) is 11.8 Å². The van der Waals surface area contributed by atoms with Crippen molar-refractivity contribution in [3.63, 3.8) is 0 Å². The number of carbonyl (C=O) groups is 1. The van der Waals surface area contributed by atoms with Crippen LogP contribution >= 0.6 is 0 Å². The number of pyridine rings is 1. The van der Waals surface area contributed by atoms with Gasteiger partial charge >= 0.3 is 0 Å². The molecule has 1 aromatic heterocycles. The SMILES string of the molecule is Cc1cc(C)c(C(=O)N2C[C@@H](NS(C)(=O)=O)[C@H](C(C)C)C2)cn1. The van der Waals surface area contributed by atoms with Gasteiger partial charge in [0, 0.05) is 31.0 Å². The molecule has 0 saturated carbocycles. The summed E-state index contributed by atoms with van der Waals surface area (Å²) in [6.45, 7) is 8.82. The number of sulfonamides is 1. The van der Waals surface area contributed by atoms with Crippen LogP contribution in [0.3, 0.4) is 0 Å². The summed E-state index contributed by atoms with van der Waals surface area (Å²) in [5.74, 6) is 0.301. The lowest BCUT2D eigenvalue weighted by Gasteiger charge is -2.21. The maximum Gasteiger partial charge on any atom is 0.255 e. The molecule has 0 radical (unpaired) electrons. The quantitative estimate of drug-likeness (QED) is 0.898. The van der Waals surface area contributed by atoms with Crippen LogP contribution in [0.25, 0.3) is 0 Å². The van der Waals surface area contributed by atoms with E-state index in [-0.39, 0.29) is 23.8 Å². The van der Waals surface area contributed by atoms with E-state index in [4.69, 9.17) is 0 Å². The van der Waals surface area contributed by atoms with Crippen LogP contribution in [0.5, 0.6) is 0 Å². The molecule has 1 aromatic rings. The van der Waals surface area contributed by atoms with Crippen molar-refractivity contribution >= 4 is 15.9 Å². The number of likely N-dealkylation sites (tertiary alicyclic amines) is 1. The van der Waals surface area contributed by atoms with Crippen molar-refractivity contribution in [2.45, 2.75) is 33.7 Å². The summed E-state index contributed by atoms with van der Waals surface area (Å²) in [5.41, 5.74) is 2.35. The number of rotatable bonds is 4. The number of amides is 1. The number of aryl methyl sites for hydroxylation is 2. The van der Waals surface area contributed by atoms with Crippen molar-refractivity contribution in [2.75, 3.05) is 19.3 Å². The van der Waals surface area contributed by atoms with Crippen LogP contribution in [-0.2, 0) is 10.0 Å². The Bertz CT molecular complexity index is 701. The molecule has 7 heteroatoms. The highest BCUT2D eigenvalue weighted by molar-refractivity contribution is 7.88. The molecular formula is C16H25N3O3S. The zero-order valence-corrected chi connectivity index (χ0v) is 15.1. The van der Waals surface area contributed by atoms with E-state index in [9.17, 15) is 13.2 Å². The third-order valence-corrected chi connectivity index (χ3v) is 5.08. The molecule has 0 unspecified atom stereocenters. The molecule has 0 aromatic carbocycles. The van der Waals surface area contributed by atoms with Crippen molar-refractivity contribution in [1.82, 2.24) is 14.6 Å². The minimum atomic E-state index is -3.30. The predicted octanol–water partition coefficient (Wildman–Crippen LogP) is 1.34. The summed E-state index contributed by atoms with van der Waals surface area (Å²) in [7, 11) is -3.30. The van der Waals surface area contributed by atoms with Gasteiger partial charge in [0.2, 0.25) is 10.0 Å². The zero-order chi connectivity index (χ0) is 17.4. The van der Waals surface area contributed by atoms with E-state index in [0.717, 1.165) is 17.5 Å². The normalized spacial score (nSPS) is 21.9. The monoisotopic (exact) mass is 339 g/mol. The summed E-state index contributed by atoms with van der Waals surface area (Å²) in [5, 5.41) is 0. The molecule has 1 aliphatic heterocycles. The Morgan fingerprint density at radius 1 is 1.35 bits per heavy atom. The summed E-state index contributed by atoms with van der Waals surface area (Å²) < 4.78 is 25.8. The van der Waals surface area contributed by atoms with Crippen LogP contribution in [0.2, 0.25) is 0 Å². The highest BCUT2D eigenvalue weighted by Gasteiger charge is 2.38. The Hall–Kier alpha value is -1.47. The first-order valence-corrected chi connectivity index (χ1v) is 9.67. The van der Waals surface area contributed by atoms with Gasteiger partial charge in [0.1, 0.15) is 0 Å². The summed E-state index contributed by atoms with van der Waals surface area (Å²) in [6, 6.07) is 1.64. The second kappa shape index (κ2) is 6.57. The van der Waals surface area contributed by atoms with E-state index in [1.165, 1.54) is 0 Å². The fourth-order valence-electron chi connectivity index (χ4n) is 3.16. The summed E-state index contributed by atoms with van der Waals surface area (Å²) in [4.78, 5) is 18.7. The third kappa shape index (κ3) is 4.29. The molecule has 6 nitrogen and oxygen atoms in total. The van der Waals surface area contributed by atoms with E-state index < -0.39 is 10.0 Å². The maximum absolute atomic E-state index is 12.8. The largest absolute Gasteiger partial charge is 0.337 e. The van der Waals surface area contributed by atoms with Crippen LogP contribution in [0, 0.1) is 25.7 Å². The van der Waals surface area contributed by atoms with Gasteiger partial charge in [-0.1, -0.05) is 13.8 Å². The first-order valence-electron chi connectivity index (χ1n) is 7.78. The Labute approximate surface area is 138 Å². The highest BCUT2D eigenvalue weighted by Crippen LogP contribution is 2.26. The number of hydrogen-bond donors (Lipinski definition) is 1. The Balaban J connectivity index is 2.22. The molecule has 128 valence electrons. The van der Waals surface area contributed by atoms with Gasteiger partial charge in [0.25, 0.3) is 5.91 Å². The number of hydrogen-bond acceptors (Lipinski definition) is 4. The Morgan fingerprint density at radius 3 is 2.52 bits per heavy atom. The fourth-order valence-corrected chi connectivity index (χ4v) is 3.96. The second-order valence-corrected chi connectivity index (χ2v) is 8.54. The number of nitrogens with zero attached hydrogens (tertiary/aromatic N) is 2. The standard InChI is InChI=1S/C16H25N3O3S/c1-10(2)14-8-19(9-15(14)18-23(5,21)22)16(20)13-7-17-12(4)6-11(13)3/h6-7,10,14-15,18H,8-9H2,1-5H3/t14-,15+/m0/s1. The van der Waals surface area contributed by atoms with Gasteiger partial charge in [-0.3, -0.25) is 9.78 Å². The molecule has 1 fully saturated rings. The average Bonchev–Trinajstić information content (AvgIpc) is 2.79. The van der Waals surface area contributed by atoms with Crippen molar-refractivity contribution in [2.24, 2.45) is 11.8 Å². The van der Waals surface area contributed by atoms with Gasteiger partial charge in [0.15, 0.2) is 0 Å². The van der Waals surface area contributed by atoms with Crippen molar-refractivity contribution in [3.05, 3.63) is 29.1 Å². The summed E-state index contributed by atoms with van der Waals surface area (Å²) in [6.07, 6.45) is 2.76. The van der Waals surface area contributed by atoms with Crippen LogP contribution in [0.4, 0.5) is 0 Å². The fraction of sp³-hybridized carbons (Fsp3) is 0.625. The second-order valence-electron chi connectivity index (χ2n) is 6.76. The molecular weight excluding hydrogens is 314 g/mol. The third-order valence-electron chi connectivity index (χ3n) is 4.35. The average molecular weight is 339 g/mol. The maximum atomic E-state index is 12.8.